The smallest absolute Gasteiger partial charge is 0.0708 e. The number of piperidine rings is 1. The molecule has 4 unspecified atom stereocenters. The third kappa shape index (κ3) is 1.75. The number of likely N-dealkylation sites (tertiary alicyclic amines) is 1. The number of likely N-dealkylation sites (N-methyl/N-ethyl adjacent to an activating group) is 1. The van der Waals surface area contributed by atoms with Gasteiger partial charge in [-0.15, -0.1) is 0 Å². The zero-order valence-corrected chi connectivity index (χ0v) is 9.16. The molecular weight excluding hydrogens is 162 g/mol. The first-order chi connectivity index (χ1) is 6.09. The summed E-state index contributed by atoms with van der Waals surface area (Å²) in [6.45, 7) is 7.76. The molecule has 0 aromatic carbocycles. The number of hydrogen-bond donors (Lipinski definition) is 0. The molecular formula is C11H21NO. The Morgan fingerprint density at radius 1 is 1.31 bits per heavy atom. The number of ether oxygens (including phenoxy) is 1. The second kappa shape index (κ2) is 3.25. The Hall–Kier alpha value is -0.0800. The molecule has 0 aromatic heterocycles. The summed E-state index contributed by atoms with van der Waals surface area (Å²) in [5.74, 6) is 1.94. The molecule has 1 aliphatic carbocycles. The predicted molar refractivity (Wildman–Crippen MR) is 53.7 cm³/mol. The predicted octanol–water partition coefficient (Wildman–Crippen LogP) is 1.75. The van der Waals surface area contributed by atoms with Crippen molar-refractivity contribution in [2.24, 2.45) is 11.8 Å². The van der Waals surface area contributed by atoms with Gasteiger partial charge in [-0.3, -0.25) is 0 Å². The topological polar surface area (TPSA) is 12.5 Å². The van der Waals surface area contributed by atoms with Crippen molar-refractivity contribution in [3.63, 3.8) is 0 Å². The molecule has 0 amide bonds. The maximum absolute atomic E-state index is 5.86. The molecule has 2 nitrogen and oxygen atoms in total. The van der Waals surface area contributed by atoms with Gasteiger partial charge in [0.2, 0.25) is 0 Å². The summed E-state index contributed by atoms with van der Waals surface area (Å²) in [4.78, 5) is 2.48. The van der Waals surface area contributed by atoms with Crippen molar-refractivity contribution >= 4 is 0 Å². The summed E-state index contributed by atoms with van der Waals surface area (Å²) in [7, 11) is 2.23. The second-order valence-electron chi connectivity index (χ2n) is 4.98. The van der Waals surface area contributed by atoms with E-state index in [0.29, 0.717) is 18.2 Å². The quantitative estimate of drug-likeness (QED) is 0.661. The van der Waals surface area contributed by atoms with Gasteiger partial charge in [-0.05, 0) is 46.1 Å². The van der Waals surface area contributed by atoms with Gasteiger partial charge in [-0.1, -0.05) is 0 Å². The van der Waals surface area contributed by atoms with Crippen molar-refractivity contribution in [1.29, 1.82) is 0 Å². The minimum Gasteiger partial charge on any atom is -0.374 e. The van der Waals surface area contributed by atoms with Crippen LogP contribution in [0.3, 0.4) is 0 Å². The van der Waals surface area contributed by atoms with E-state index >= 15 is 0 Å². The third-order valence-electron chi connectivity index (χ3n) is 3.42. The molecule has 0 aromatic rings. The highest BCUT2D eigenvalue weighted by atomic mass is 16.5. The molecule has 0 N–H and O–H groups in total. The molecule has 0 bridgehead atoms. The van der Waals surface area contributed by atoms with E-state index in [0.717, 1.165) is 11.8 Å². The van der Waals surface area contributed by atoms with Gasteiger partial charge >= 0.3 is 0 Å². The van der Waals surface area contributed by atoms with Crippen LogP contribution in [-0.2, 0) is 4.74 Å². The van der Waals surface area contributed by atoms with Crippen LogP contribution in [0, 0.1) is 11.8 Å². The average molecular weight is 183 g/mol. The molecule has 1 heterocycles. The van der Waals surface area contributed by atoms with Crippen LogP contribution in [-0.4, -0.2) is 36.7 Å². The van der Waals surface area contributed by atoms with E-state index in [4.69, 9.17) is 4.74 Å². The van der Waals surface area contributed by atoms with Crippen LogP contribution in [0.25, 0.3) is 0 Å². The van der Waals surface area contributed by atoms with Crippen LogP contribution in [0.5, 0.6) is 0 Å². The normalized spacial score (nSPS) is 40.8. The first-order valence-electron chi connectivity index (χ1n) is 5.45. The zero-order valence-electron chi connectivity index (χ0n) is 9.16. The number of hydrogen-bond acceptors (Lipinski definition) is 2. The summed E-state index contributed by atoms with van der Waals surface area (Å²) in [5, 5.41) is 0. The van der Waals surface area contributed by atoms with Crippen molar-refractivity contribution in [1.82, 2.24) is 4.90 Å². The average Bonchev–Trinajstić information content (AvgIpc) is 2.60. The molecule has 1 aliphatic heterocycles. The van der Waals surface area contributed by atoms with Crippen LogP contribution in [0.2, 0.25) is 0 Å². The minimum atomic E-state index is 0.362. The van der Waals surface area contributed by atoms with Crippen LogP contribution in [0.4, 0.5) is 0 Å². The third-order valence-corrected chi connectivity index (χ3v) is 3.42. The highest BCUT2D eigenvalue weighted by Gasteiger charge is 2.53. The van der Waals surface area contributed by atoms with Gasteiger partial charge in [0.15, 0.2) is 0 Å². The molecule has 76 valence electrons. The largest absolute Gasteiger partial charge is 0.374 e. The maximum Gasteiger partial charge on any atom is 0.0708 e. The summed E-state index contributed by atoms with van der Waals surface area (Å²) in [6.07, 6.45) is 2.21. The highest BCUT2D eigenvalue weighted by Crippen LogP contribution is 2.50. The maximum atomic E-state index is 5.86. The Morgan fingerprint density at radius 2 is 2.00 bits per heavy atom. The van der Waals surface area contributed by atoms with Crippen molar-refractivity contribution in [3.05, 3.63) is 0 Å². The molecule has 2 rings (SSSR count). The van der Waals surface area contributed by atoms with Crippen LogP contribution < -0.4 is 0 Å². The first-order valence-corrected chi connectivity index (χ1v) is 5.45. The molecule has 1 saturated heterocycles. The number of fused-ring (bicyclic) bond motifs is 1. The molecule has 2 fully saturated rings. The Morgan fingerprint density at radius 3 is 2.46 bits per heavy atom. The van der Waals surface area contributed by atoms with E-state index < -0.39 is 0 Å². The molecule has 13 heavy (non-hydrogen) atoms. The Bertz CT molecular complexity index is 191. The molecule has 0 radical (unpaired) electrons. The van der Waals surface area contributed by atoms with Crippen molar-refractivity contribution in [3.8, 4) is 0 Å². The Balaban J connectivity index is 1.91. The summed E-state index contributed by atoms with van der Waals surface area (Å²) < 4.78 is 5.86. The van der Waals surface area contributed by atoms with Gasteiger partial charge in [-0.2, -0.15) is 0 Å². The lowest BCUT2D eigenvalue weighted by Crippen LogP contribution is -2.40. The first kappa shape index (κ1) is 9.47. The standard InChI is InChI=1S/C11H21NO/c1-7(2)13-8(3)11-10-5-9(10)6-12(11)4/h7-11H,5-6H2,1-4H3. The van der Waals surface area contributed by atoms with Crippen LogP contribution >= 0.6 is 0 Å². The van der Waals surface area contributed by atoms with E-state index in [1.165, 1.54) is 13.0 Å². The monoisotopic (exact) mass is 183 g/mol. The van der Waals surface area contributed by atoms with E-state index in [2.05, 4.69) is 32.7 Å². The van der Waals surface area contributed by atoms with Gasteiger partial charge in [-0.25, -0.2) is 0 Å². The Labute approximate surface area is 81.3 Å². The van der Waals surface area contributed by atoms with Crippen molar-refractivity contribution in [2.75, 3.05) is 13.6 Å². The lowest BCUT2D eigenvalue weighted by Gasteiger charge is -2.30. The van der Waals surface area contributed by atoms with E-state index in [1.54, 1.807) is 0 Å². The van der Waals surface area contributed by atoms with Gasteiger partial charge in [0.25, 0.3) is 0 Å². The summed E-state index contributed by atoms with van der Waals surface area (Å²) in [6, 6.07) is 0.687. The van der Waals surface area contributed by atoms with E-state index in [1.807, 2.05) is 0 Å². The second-order valence-corrected chi connectivity index (χ2v) is 4.98. The van der Waals surface area contributed by atoms with Crippen LogP contribution in [0.1, 0.15) is 27.2 Å². The lowest BCUT2D eigenvalue weighted by molar-refractivity contribution is -0.0271. The molecule has 0 spiro atoms. The molecule has 2 heteroatoms. The fraction of sp³-hybridized carbons (Fsp3) is 1.00. The molecule has 4 atom stereocenters. The van der Waals surface area contributed by atoms with Crippen molar-refractivity contribution < 1.29 is 4.74 Å². The van der Waals surface area contributed by atoms with Gasteiger partial charge in [0.05, 0.1) is 12.2 Å². The van der Waals surface area contributed by atoms with Gasteiger partial charge < -0.3 is 9.64 Å². The van der Waals surface area contributed by atoms with E-state index in [9.17, 15) is 0 Å². The molecule has 2 aliphatic rings. The zero-order chi connectivity index (χ0) is 9.59. The molecule has 1 saturated carbocycles. The lowest BCUT2D eigenvalue weighted by atomic mass is 10.1. The number of nitrogens with zero attached hydrogens (tertiary/aromatic N) is 1. The minimum absolute atomic E-state index is 0.362. The number of rotatable bonds is 3. The van der Waals surface area contributed by atoms with Gasteiger partial charge in [0.1, 0.15) is 0 Å². The SMILES string of the molecule is CC(C)OC(C)C1C2CC2CN1C. The van der Waals surface area contributed by atoms with E-state index in [-0.39, 0.29) is 0 Å². The van der Waals surface area contributed by atoms with Crippen LogP contribution in [0.15, 0.2) is 0 Å². The fourth-order valence-electron chi connectivity index (χ4n) is 2.93. The van der Waals surface area contributed by atoms with Gasteiger partial charge in [0, 0.05) is 12.6 Å². The summed E-state index contributed by atoms with van der Waals surface area (Å²) >= 11 is 0. The summed E-state index contributed by atoms with van der Waals surface area (Å²) in [5.41, 5.74) is 0. The van der Waals surface area contributed by atoms with Crippen molar-refractivity contribution in [2.45, 2.75) is 45.4 Å². The Kier molecular flexibility index (Phi) is 2.37. The fourth-order valence-corrected chi connectivity index (χ4v) is 2.93. The highest BCUT2D eigenvalue weighted by molar-refractivity contribution is 5.05.